The lowest BCUT2D eigenvalue weighted by atomic mass is 9.99. The van der Waals surface area contributed by atoms with E-state index in [0.717, 1.165) is 38.8 Å². The van der Waals surface area contributed by atoms with Crippen molar-refractivity contribution in [2.24, 2.45) is 5.92 Å². The maximum absolute atomic E-state index is 11.9. The first-order valence-electron chi connectivity index (χ1n) is 6.82. The highest BCUT2D eigenvalue weighted by molar-refractivity contribution is 5.82. The molecule has 0 aromatic heterocycles. The first-order valence-corrected chi connectivity index (χ1v) is 6.82. The number of nitrogens with one attached hydrogen (secondary N) is 1. The highest BCUT2D eigenvalue weighted by Gasteiger charge is 2.25. The normalized spacial score (nSPS) is 18.4. The van der Waals surface area contributed by atoms with Crippen molar-refractivity contribution in [3.8, 4) is 0 Å². The Kier molecular flexibility index (Phi) is 5.95. The Morgan fingerprint density at radius 1 is 1.39 bits per heavy atom. The SMILES string of the molecule is CCCC[C@H](NC(=O)N1CCC(C)CC1)C(=O)O. The molecule has 5 nitrogen and oxygen atoms in total. The third kappa shape index (κ3) is 4.55. The van der Waals surface area contributed by atoms with E-state index in [0.29, 0.717) is 12.3 Å². The van der Waals surface area contributed by atoms with Gasteiger partial charge in [-0.25, -0.2) is 9.59 Å². The van der Waals surface area contributed by atoms with Crippen LogP contribution in [0.1, 0.15) is 46.0 Å². The van der Waals surface area contributed by atoms with Gasteiger partial charge in [-0.3, -0.25) is 0 Å². The van der Waals surface area contributed by atoms with Crippen LogP contribution in [0, 0.1) is 5.92 Å². The summed E-state index contributed by atoms with van der Waals surface area (Å²) in [6.45, 7) is 5.64. The van der Waals surface area contributed by atoms with Crippen LogP contribution in [0.5, 0.6) is 0 Å². The van der Waals surface area contributed by atoms with Crippen molar-refractivity contribution in [1.29, 1.82) is 0 Å². The molecule has 0 bridgehead atoms. The minimum atomic E-state index is -0.942. The Hall–Kier alpha value is -1.26. The fraction of sp³-hybridized carbons (Fsp3) is 0.846. The number of carbonyl (C=O) groups is 2. The molecule has 0 saturated carbocycles. The zero-order valence-corrected chi connectivity index (χ0v) is 11.3. The quantitative estimate of drug-likeness (QED) is 0.791. The molecule has 0 aromatic rings. The molecule has 18 heavy (non-hydrogen) atoms. The Balaban J connectivity index is 2.42. The summed E-state index contributed by atoms with van der Waals surface area (Å²) in [5.41, 5.74) is 0. The Morgan fingerprint density at radius 3 is 2.50 bits per heavy atom. The highest BCUT2D eigenvalue weighted by Crippen LogP contribution is 2.16. The number of carboxylic acid groups (broad SMARTS) is 1. The second-order valence-corrected chi connectivity index (χ2v) is 5.15. The van der Waals surface area contributed by atoms with Gasteiger partial charge in [-0.15, -0.1) is 0 Å². The minimum Gasteiger partial charge on any atom is -0.480 e. The molecule has 0 unspecified atom stereocenters. The van der Waals surface area contributed by atoms with Gasteiger partial charge in [0, 0.05) is 13.1 Å². The number of rotatable bonds is 5. The molecule has 2 amide bonds. The number of likely N-dealkylation sites (tertiary alicyclic amines) is 1. The van der Waals surface area contributed by atoms with Crippen LogP contribution in [0.4, 0.5) is 4.79 Å². The maximum atomic E-state index is 11.9. The average molecular weight is 256 g/mol. The van der Waals surface area contributed by atoms with E-state index in [9.17, 15) is 9.59 Å². The molecule has 1 aliphatic rings. The number of urea groups is 1. The molecule has 1 heterocycles. The van der Waals surface area contributed by atoms with Crippen LogP contribution in [0.2, 0.25) is 0 Å². The molecule has 1 atom stereocenters. The van der Waals surface area contributed by atoms with Crippen LogP contribution in [0.3, 0.4) is 0 Å². The highest BCUT2D eigenvalue weighted by atomic mass is 16.4. The summed E-state index contributed by atoms with van der Waals surface area (Å²) in [4.78, 5) is 24.7. The van der Waals surface area contributed by atoms with Crippen molar-refractivity contribution in [2.45, 2.75) is 52.0 Å². The second kappa shape index (κ2) is 7.24. The molecule has 1 aliphatic heterocycles. The monoisotopic (exact) mass is 256 g/mol. The number of carbonyl (C=O) groups excluding carboxylic acids is 1. The summed E-state index contributed by atoms with van der Waals surface area (Å²) >= 11 is 0. The first-order chi connectivity index (χ1) is 8.54. The lowest BCUT2D eigenvalue weighted by molar-refractivity contribution is -0.139. The van der Waals surface area contributed by atoms with Crippen LogP contribution in [-0.2, 0) is 4.79 Å². The van der Waals surface area contributed by atoms with Crippen molar-refractivity contribution in [1.82, 2.24) is 10.2 Å². The summed E-state index contributed by atoms with van der Waals surface area (Å²) in [6, 6.07) is -0.984. The average Bonchev–Trinajstić information content (AvgIpc) is 2.34. The predicted molar refractivity (Wildman–Crippen MR) is 69.5 cm³/mol. The number of nitrogens with zero attached hydrogens (tertiary/aromatic N) is 1. The van der Waals surface area contributed by atoms with Crippen LogP contribution in [0.25, 0.3) is 0 Å². The fourth-order valence-corrected chi connectivity index (χ4v) is 2.12. The molecule has 0 radical (unpaired) electrons. The smallest absolute Gasteiger partial charge is 0.326 e. The molecule has 104 valence electrons. The molecular weight excluding hydrogens is 232 g/mol. The van der Waals surface area contributed by atoms with Gasteiger partial charge in [0.25, 0.3) is 0 Å². The van der Waals surface area contributed by atoms with E-state index in [2.05, 4.69) is 12.2 Å². The molecule has 5 heteroatoms. The molecule has 1 saturated heterocycles. The van der Waals surface area contributed by atoms with Gasteiger partial charge in [0.2, 0.25) is 0 Å². The Morgan fingerprint density at radius 2 is 2.00 bits per heavy atom. The van der Waals surface area contributed by atoms with E-state index in [1.807, 2.05) is 6.92 Å². The van der Waals surface area contributed by atoms with Crippen molar-refractivity contribution >= 4 is 12.0 Å². The van der Waals surface area contributed by atoms with Crippen LogP contribution < -0.4 is 5.32 Å². The zero-order chi connectivity index (χ0) is 13.5. The predicted octanol–water partition coefficient (Wildman–Crippen LogP) is 2.07. The van der Waals surface area contributed by atoms with E-state index in [1.54, 1.807) is 4.90 Å². The van der Waals surface area contributed by atoms with Gasteiger partial charge in [-0.1, -0.05) is 26.7 Å². The lowest BCUT2D eigenvalue weighted by Gasteiger charge is -2.31. The summed E-state index contributed by atoms with van der Waals surface area (Å²) in [7, 11) is 0. The summed E-state index contributed by atoms with van der Waals surface area (Å²) in [5.74, 6) is -0.286. The molecule has 0 aromatic carbocycles. The first kappa shape index (κ1) is 14.8. The molecular formula is C13H24N2O3. The van der Waals surface area contributed by atoms with Gasteiger partial charge >= 0.3 is 12.0 Å². The van der Waals surface area contributed by atoms with Crippen LogP contribution >= 0.6 is 0 Å². The zero-order valence-electron chi connectivity index (χ0n) is 11.3. The van der Waals surface area contributed by atoms with Gasteiger partial charge in [-0.2, -0.15) is 0 Å². The lowest BCUT2D eigenvalue weighted by Crippen LogP contribution is -2.50. The minimum absolute atomic E-state index is 0.231. The van der Waals surface area contributed by atoms with Crippen LogP contribution in [0.15, 0.2) is 0 Å². The topological polar surface area (TPSA) is 69.6 Å². The van der Waals surface area contributed by atoms with Crippen molar-refractivity contribution in [3.63, 3.8) is 0 Å². The number of piperidine rings is 1. The van der Waals surface area contributed by atoms with Gasteiger partial charge in [0.1, 0.15) is 6.04 Å². The molecule has 1 rings (SSSR count). The van der Waals surface area contributed by atoms with Crippen molar-refractivity contribution in [3.05, 3.63) is 0 Å². The van der Waals surface area contributed by atoms with E-state index in [4.69, 9.17) is 5.11 Å². The number of carboxylic acids is 1. The number of aliphatic carboxylic acids is 1. The molecule has 2 N–H and O–H groups in total. The number of unbranched alkanes of at least 4 members (excludes halogenated alkanes) is 1. The number of hydrogen-bond donors (Lipinski definition) is 2. The summed E-state index contributed by atoms with van der Waals surface area (Å²) in [5, 5.41) is 11.7. The van der Waals surface area contributed by atoms with E-state index in [1.165, 1.54) is 0 Å². The van der Waals surface area contributed by atoms with Gasteiger partial charge in [0.15, 0.2) is 0 Å². The molecule has 1 fully saturated rings. The summed E-state index contributed by atoms with van der Waals surface area (Å²) in [6.07, 6.45) is 4.25. The van der Waals surface area contributed by atoms with Gasteiger partial charge < -0.3 is 15.3 Å². The third-order valence-corrected chi connectivity index (χ3v) is 3.51. The standard InChI is InChI=1S/C13H24N2O3/c1-3-4-5-11(12(16)17)14-13(18)15-8-6-10(2)7-9-15/h10-11H,3-9H2,1-2H3,(H,14,18)(H,16,17)/t11-/m0/s1. The van der Waals surface area contributed by atoms with Gasteiger partial charge in [0.05, 0.1) is 0 Å². The second-order valence-electron chi connectivity index (χ2n) is 5.15. The van der Waals surface area contributed by atoms with Gasteiger partial charge in [-0.05, 0) is 25.2 Å². The molecule has 0 aliphatic carbocycles. The van der Waals surface area contributed by atoms with E-state index >= 15 is 0 Å². The van der Waals surface area contributed by atoms with Crippen molar-refractivity contribution < 1.29 is 14.7 Å². The fourth-order valence-electron chi connectivity index (χ4n) is 2.12. The van der Waals surface area contributed by atoms with Crippen LogP contribution in [-0.4, -0.2) is 41.1 Å². The van der Waals surface area contributed by atoms with Crippen molar-refractivity contribution in [2.75, 3.05) is 13.1 Å². The third-order valence-electron chi connectivity index (χ3n) is 3.51. The number of amides is 2. The number of hydrogen-bond acceptors (Lipinski definition) is 2. The Bertz CT molecular complexity index is 286. The largest absolute Gasteiger partial charge is 0.480 e. The molecule has 0 spiro atoms. The Labute approximate surface area is 109 Å². The van der Waals surface area contributed by atoms with E-state index in [-0.39, 0.29) is 6.03 Å². The maximum Gasteiger partial charge on any atom is 0.326 e. The summed E-state index contributed by atoms with van der Waals surface area (Å²) < 4.78 is 0. The van der Waals surface area contributed by atoms with E-state index < -0.39 is 12.0 Å².